The molecule has 6 nitrogen and oxygen atoms in total. The average molecular weight is 286 g/mol. The SMILES string of the molecule is CCc1nnc(NC(=O)c2ccc(C)c(O)c2)nc1CC. The first-order chi connectivity index (χ1) is 10.0. The van der Waals surface area contributed by atoms with Crippen molar-refractivity contribution in [2.45, 2.75) is 33.6 Å². The van der Waals surface area contributed by atoms with Gasteiger partial charge in [-0.1, -0.05) is 19.9 Å². The highest BCUT2D eigenvalue weighted by Gasteiger charge is 2.12. The number of rotatable bonds is 4. The number of hydrogen-bond acceptors (Lipinski definition) is 5. The summed E-state index contributed by atoms with van der Waals surface area (Å²) < 4.78 is 0. The quantitative estimate of drug-likeness (QED) is 0.900. The Balaban J connectivity index is 2.21. The Morgan fingerprint density at radius 1 is 1.19 bits per heavy atom. The number of nitrogens with one attached hydrogen (secondary N) is 1. The Hall–Kier alpha value is -2.50. The summed E-state index contributed by atoms with van der Waals surface area (Å²) >= 11 is 0. The van der Waals surface area contributed by atoms with E-state index in [1.165, 1.54) is 6.07 Å². The number of carbonyl (C=O) groups is 1. The van der Waals surface area contributed by atoms with Crippen LogP contribution in [0.25, 0.3) is 0 Å². The second-order valence-corrected chi connectivity index (χ2v) is 4.69. The summed E-state index contributed by atoms with van der Waals surface area (Å²) in [4.78, 5) is 16.4. The lowest BCUT2D eigenvalue weighted by molar-refractivity contribution is 0.102. The Bertz CT molecular complexity index is 671. The minimum atomic E-state index is -0.376. The Kier molecular flexibility index (Phi) is 4.47. The van der Waals surface area contributed by atoms with Gasteiger partial charge in [-0.25, -0.2) is 4.98 Å². The third-order valence-corrected chi connectivity index (χ3v) is 3.21. The zero-order valence-corrected chi connectivity index (χ0v) is 12.3. The van der Waals surface area contributed by atoms with Crippen molar-refractivity contribution in [3.63, 3.8) is 0 Å². The number of amides is 1. The number of hydrogen-bond donors (Lipinski definition) is 2. The van der Waals surface area contributed by atoms with Crippen LogP contribution >= 0.6 is 0 Å². The number of aromatic hydroxyl groups is 1. The summed E-state index contributed by atoms with van der Waals surface area (Å²) in [5, 5.41) is 20.2. The van der Waals surface area contributed by atoms with E-state index in [2.05, 4.69) is 20.5 Å². The second kappa shape index (κ2) is 6.30. The summed E-state index contributed by atoms with van der Waals surface area (Å²) in [7, 11) is 0. The molecule has 0 saturated heterocycles. The van der Waals surface area contributed by atoms with Crippen LogP contribution in [0.5, 0.6) is 5.75 Å². The van der Waals surface area contributed by atoms with Gasteiger partial charge in [0.15, 0.2) is 0 Å². The molecule has 1 amide bonds. The number of aryl methyl sites for hydroxylation is 3. The van der Waals surface area contributed by atoms with Crippen LogP contribution in [0, 0.1) is 6.92 Å². The Morgan fingerprint density at radius 3 is 2.52 bits per heavy atom. The van der Waals surface area contributed by atoms with Gasteiger partial charge in [-0.3, -0.25) is 10.1 Å². The zero-order valence-electron chi connectivity index (χ0n) is 12.3. The highest BCUT2D eigenvalue weighted by atomic mass is 16.3. The van der Waals surface area contributed by atoms with Gasteiger partial charge in [0.1, 0.15) is 5.75 Å². The lowest BCUT2D eigenvalue weighted by Gasteiger charge is -2.07. The topological polar surface area (TPSA) is 88.0 Å². The van der Waals surface area contributed by atoms with Crippen LogP contribution in [0.15, 0.2) is 18.2 Å². The summed E-state index contributed by atoms with van der Waals surface area (Å²) in [6.45, 7) is 5.73. The maximum atomic E-state index is 12.1. The summed E-state index contributed by atoms with van der Waals surface area (Å²) in [6.07, 6.45) is 1.48. The fraction of sp³-hybridized carbons (Fsp3) is 0.333. The maximum absolute atomic E-state index is 12.1. The maximum Gasteiger partial charge on any atom is 0.258 e. The largest absolute Gasteiger partial charge is 0.508 e. The first kappa shape index (κ1) is 14.9. The van der Waals surface area contributed by atoms with Crippen molar-refractivity contribution in [3.05, 3.63) is 40.7 Å². The fourth-order valence-electron chi connectivity index (χ4n) is 1.92. The molecular weight excluding hydrogens is 268 g/mol. The predicted molar refractivity (Wildman–Crippen MR) is 79.4 cm³/mol. The van der Waals surface area contributed by atoms with Crippen LogP contribution in [0.1, 0.15) is 41.2 Å². The summed E-state index contributed by atoms with van der Waals surface area (Å²) in [5.41, 5.74) is 2.72. The minimum Gasteiger partial charge on any atom is -0.508 e. The number of anilines is 1. The van der Waals surface area contributed by atoms with Crippen LogP contribution in [0.3, 0.4) is 0 Å². The molecule has 1 aromatic heterocycles. The van der Waals surface area contributed by atoms with Gasteiger partial charge in [0.25, 0.3) is 5.91 Å². The molecule has 2 rings (SSSR count). The van der Waals surface area contributed by atoms with Crippen molar-refractivity contribution in [2.24, 2.45) is 0 Å². The molecule has 0 aliphatic carbocycles. The van der Waals surface area contributed by atoms with Gasteiger partial charge in [-0.05, 0) is 37.5 Å². The van der Waals surface area contributed by atoms with E-state index in [4.69, 9.17) is 0 Å². The van der Waals surface area contributed by atoms with Gasteiger partial charge in [-0.15, -0.1) is 10.2 Å². The molecule has 0 fully saturated rings. The predicted octanol–water partition coefficient (Wildman–Crippen LogP) is 2.26. The number of nitrogens with zero attached hydrogens (tertiary/aromatic N) is 3. The summed E-state index contributed by atoms with van der Waals surface area (Å²) in [5.74, 6) is -0.121. The molecule has 0 saturated carbocycles. The van der Waals surface area contributed by atoms with Crippen LogP contribution in [-0.4, -0.2) is 26.2 Å². The van der Waals surface area contributed by atoms with E-state index in [1.807, 2.05) is 13.8 Å². The van der Waals surface area contributed by atoms with Gasteiger partial charge in [0.05, 0.1) is 11.4 Å². The smallest absolute Gasteiger partial charge is 0.258 e. The molecule has 21 heavy (non-hydrogen) atoms. The van der Waals surface area contributed by atoms with E-state index in [0.29, 0.717) is 11.1 Å². The molecule has 0 aliphatic rings. The molecule has 0 atom stereocenters. The van der Waals surface area contributed by atoms with E-state index in [0.717, 1.165) is 24.2 Å². The highest BCUT2D eigenvalue weighted by molar-refractivity contribution is 6.03. The molecule has 2 aromatic rings. The van der Waals surface area contributed by atoms with Crippen molar-refractivity contribution in [2.75, 3.05) is 5.32 Å². The number of aromatic nitrogens is 3. The van der Waals surface area contributed by atoms with Crippen molar-refractivity contribution >= 4 is 11.9 Å². The lowest BCUT2D eigenvalue weighted by Crippen LogP contribution is -2.16. The van der Waals surface area contributed by atoms with Crippen LogP contribution < -0.4 is 5.32 Å². The number of phenolic OH excluding ortho intramolecular Hbond substituents is 1. The molecule has 0 aliphatic heterocycles. The average Bonchev–Trinajstić information content (AvgIpc) is 2.49. The molecule has 1 aromatic carbocycles. The van der Waals surface area contributed by atoms with Gasteiger partial charge in [0, 0.05) is 5.56 Å². The second-order valence-electron chi connectivity index (χ2n) is 4.69. The Labute approximate surface area is 123 Å². The van der Waals surface area contributed by atoms with E-state index < -0.39 is 0 Å². The third-order valence-electron chi connectivity index (χ3n) is 3.21. The molecule has 1 heterocycles. The normalized spacial score (nSPS) is 10.4. The van der Waals surface area contributed by atoms with Crippen molar-refractivity contribution in [3.8, 4) is 5.75 Å². The number of carbonyl (C=O) groups excluding carboxylic acids is 1. The van der Waals surface area contributed by atoms with E-state index in [1.54, 1.807) is 19.1 Å². The molecule has 6 heteroatoms. The third kappa shape index (κ3) is 3.34. The highest BCUT2D eigenvalue weighted by Crippen LogP contribution is 2.18. The first-order valence-electron chi connectivity index (χ1n) is 6.88. The first-order valence-corrected chi connectivity index (χ1v) is 6.88. The van der Waals surface area contributed by atoms with Crippen molar-refractivity contribution in [1.29, 1.82) is 0 Å². The van der Waals surface area contributed by atoms with Crippen LogP contribution in [0.2, 0.25) is 0 Å². The van der Waals surface area contributed by atoms with Crippen molar-refractivity contribution < 1.29 is 9.90 Å². The van der Waals surface area contributed by atoms with Crippen molar-refractivity contribution in [1.82, 2.24) is 15.2 Å². The zero-order chi connectivity index (χ0) is 15.4. The van der Waals surface area contributed by atoms with Gasteiger partial charge < -0.3 is 5.11 Å². The lowest BCUT2D eigenvalue weighted by atomic mass is 10.1. The van der Waals surface area contributed by atoms with Crippen LogP contribution in [0.4, 0.5) is 5.95 Å². The van der Waals surface area contributed by atoms with E-state index >= 15 is 0 Å². The molecular formula is C15H18N4O2. The standard InChI is InChI=1S/C15H18N4O2/c1-4-11-12(5-2)18-19-15(16-11)17-14(21)10-7-6-9(3)13(20)8-10/h6-8,20H,4-5H2,1-3H3,(H,16,17,19,21). The van der Waals surface area contributed by atoms with Crippen LogP contribution in [-0.2, 0) is 12.8 Å². The number of phenols is 1. The minimum absolute atomic E-state index is 0.0808. The molecule has 0 bridgehead atoms. The van der Waals surface area contributed by atoms with Gasteiger partial charge >= 0.3 is 0 Å². The molecule has 0 radical (unpaired) electrons. The molecule has 0 unspecified atom stereocenters. The fourth-order valence-corrected chi connectivity index (χ4v) is 1.92. The molecule has 0 spiro atoms. The Morgan fingerprint density at radius 2 is 1.90 bits per heavy atom. The molecule has 2 N–H and O–H groups in total. The van der Waals surface area contributed by atoms with E-state index in [9.17, 15) is 9.90 Å². The number of benzene rings is 1. The van der Waals surface area contributed by atoms with Gasteiger partial charge in [0.2, 0.25) is 5.95 Å². The van der Waals surface area contributed by atoms with Gasteiger partial charge in [-0.2, -0.15) is 0 Å². The summed E-state index contributed by atoms with van der Waals surface area (Å²) in [6, 6.07) is 4.74. The molecule has 110 valence electrons. The monoisotopic (exact) mass is 286 g/mol. The van der Waals surface area contributed by atoms with E-state index in [-0.39, 0.29) is 17.6 Å².